The van der Waals surface area contributed by atoms with E-state index in [9.17, 15) is 9.90 Å². The van der Waals surface area contributed by atoms with Crippen molar-refractivity contribution in [3.63, 3.8) is 0 Å². The van der Waals surface area contributed by atoms with E-state index in [0.717, 1.165) is 61.7 Å². The van der Waals surface area contributed by atoms with Crippen LogP contribution in [0.4, 0.5) is 0 Å². The van der Waals surface area contributed by atoms with Gasteiger partial charge in [-0.25, -0.2) is 9.13 Å². The van der Waals surface area contributed by atoms with Crippen molar-refractivity contribution in [3.8, 4) is 11.5 Å². The molecule has 1 aromatic carbocycles. The lowest BCUT2D eigenvalue weighted by Gasteiger charge is -2.20. The lowest BCUT2D eigenvalue weighted by Crippen LogP contribution is -2.43. The van der Waals surface area contributed by atoms with Crippen LogP contribution in [0.1, 0.15) is 37.0 Å². The molecule has 0 unspecified atom stereocenters. The van der Waals surface area contributed by atoms with Crippen LogP contribution >= 0.6 is 0 Å². The van der Waals surface area contributed by atoms with Gasteiger partial charge < -0.3 is 25.2 Å². The molecular formula is C26H36N5O4+. The highest BCUT2D eigenvalue weighted by Gasteiger charge is 2.27. The molecule has 0 saturated carbocycles. The Hall–Kier alpha value is -3.17. The minimum atomic E-state index is -0.198. The van der Waals surface area contributed by atoms with Crippen molar-refractivity contribution in [1.29, 1.82) is 0 Å². The highest BCUT2D eigenvalue weighted by atomic mass is 16.5. The van der Waals surface area contributed by atoms with Gasteiger partial charge in [0.2, 0.25) is 0 Å². The number of amides is 1. The number of ether oxygens (including phenoxy) is 2. The zero-order valence-corrected chi connectivity index (χ0v) is 20.9. The molecule has 9 nitrogen and oxygen atoms in total. The van der Waals surface area contributed by atoms with E-state index in [-0.39, 0.29) is 24.8 Å². The van der Waals surface area contributed by atoms with E-state index in [1.54, 1.807) is 19.2 Å². The predicted molar refractivity (Wildman–Crippen MR) is 132 cm³/mol. The van der Waals surface area contributed by atoms with Crippen LogP contribution in [0, 0.1) is 12.8 Å². The number of rotatable bonds is 9. The van der Waals surface area contributed by atoms with Crippen LogP contribution in [0.25, 0.3) is 11.0 Å². The first-order valence-corrected chi connectivity index (χ1v) is 12.3. The van der Waals surface area contributed by atoms with E-state index in [4.69, 9.17) is 15.2 Å². The molecule has 3 aromatic rings. The smallest absolute Gasteiger partial charge is 0.271 e. The number of imidazole rings is 1. The third kappa shape index (κ3) is 5.57. The lowest BCUT2D eigenvalue weighted by molar-refractivity contribution is -0.687. The minimum absolute atomic E-state index is 0.0757. The highest BCUT2D eigenvalue weighted by molar-refractivity contribution is 5.78. The second-order valence-corrected chi connectivity index (χ2v) is 9.14. The van der Waals surface area contributed by atoms with E-state index in [1.807, 2.05) is 19.1 Å². The first kappa shape index (κ1) is 24.9. The fraction of sp³-hybridized carbons (Fsp3) is 0.500. The molecule has 0 atom stereocenters. The van der Waals surface area contributed by atoms with Crippen molar-refractivity contribution < 1.29 is 23.9 Å². The largest absolute Gasteiger partial charge is 0.506 e. The first-order chi connectivity index (χ1) is 16.9. The van der Waals surface area contributed by atoms with E-state index < -0.39 is 0 Å². The van der Waals surface area contributed by atoms with Gasteiger partial charge in [-0.1, -0.05) is 0 Å². The van der Waals surface area contributed by atoms with Gasteiger partial charge in [0.15, 0.2) is 17.6 Å². The number of aryl methyl sites for hydroxylation is 2. The van der Waals surface area contributed by atoms with Gasteiger partial charge in [0, 0.05) is 37.9 Å². The van der Waals surface area contributed by atoms with Gasteiger partial charge in [0.25, 0.3) is 11.7 Å². The van der Waals surface area contributed by atoms with Crippen molar-refractivity contribution in [3.05, 3.63) is 47.5 Å². The van der Waals surface area contributed by atoms with E-state index >= 15 is 0 Å². The summed E-state index contributed by atoms with van der Waals surface area (Å²) in [4.78, 5) is 18.5. The van der Waals surface area contributed by atoms with Gasteiger partial charge >= 0.3 is 0 Å². The van der Waals surface area contributed by atoms with Crippen LogP contribution < -0.4 is 15.0 Å². The SMILES string of the molecule is CCn1c(CN)[n+](CC2CCOCC2)c2ccc(OCC(=O)N(C)Cc3nc(C)ccc3O)cc21. The monoisotopic (exact) mass is 482 g/mol. The molecule has 188 valence electrons. The molecule has 0 bridgehead atoms. The summed E-state index contributed by atoms with van der Waals surface area (Å²) in [6.45, 7) is 7.85. The number of carbonyl (C=O) groups is 1. The van der Waals surface area contributed by atoms with Crippen LogP contribution in [0.3, 0.4) is 0 Å². The molecule has 9 heteroatoms. The summed E-state index contributed by atoms with van der Waals surface area (Å²) in [6.07, 6.45) is 2.12. The highest BCUT2D eigenvalue weighted by Crippen LogP contribution is 2.24. The summed E-state index contributed by atoms with van der Waals surface area (Å²) in [5, 5.41) is 10.0. The van der Waals surface area contributed by atoms with Crippen LogP contribution in [-0.4, -0.2) is 52.3 Å². The third-order valence-electron chi connectivity index (χ3n) is 6.70. The van der Waals surface area contributed by atoms with Gasteiger partial charge in [-0.15, -0.1) is 0 Å². The maximum Gasteiger partial charge on any atom is 0.271 e. The zero-order chi connectivity index (χ0) is 24.9. The van der Waals surface area contributed by atoms with Gasteiger partial charge in [0.05, 0.1) is 26.2 Å². The number of hydrogen-bond donors (Lipinski definition) is 2. The molecule has 0 spiro atoms. The second kappa shape index (κ2) is 11.0. The lowest BCUT2D eigenvalue weighted by atomic mass is 10.0. The quantitative estimate of drug-likeness (QED) is 0.453. The maximum absolute atomic E-state index is 12.7. The second-order valence-electron chi connectivity index (χ2n) is 9.14. The third-order valence-corrected chi connectivity index (χ3v) is 6.70. The Labute approximate surface area is 206 Å². The number of aromatic hydroxyl groups is 1. The Morgan fingerprint density at radius 3 is 2.80 bits per heavy atom. The molecule has 35 heavy (non-hydrogen) atoms. The number of benzene rings is 1. The van der Waals surface area contributed by atoms with E-state index in [0.29, 0.717) is 23.9 Å². The predicted octanol–water partition coefficient (Wildman–Crippen LogP) is 2.28. The van der Waals surface area contributed by atoms with Crippen LogP contribution in [0.15, 0.2) is 30.3 Å². The fourth-order valence-electron chi connectivity index (χ4n) is 4.71. The summed E-state index contributed by atoms with van der Waals surface area (Å²) in [5.74, 6) is 2.17. The van der Waals surface area contributed by atoms with Gasteiger partial charge in [0.1, 0.15) is 17.2 Å². The number of pyridine rings is 1. The standard InChI is InChI=1S/C26H35N5O4/c1-4-30-23-13-20(35-17-26(33)29(3)16-21-24(32)8-5-18(2)28-21)6-7-22(23)31(25(30)14-27)15-19-9-11-34-12-10-19/h5-8,13,19H,4,9-12,14-17,27H2,1-3H3/p+1. The van der Waals surface area contributed by atoms with Gasteiger partial charge in [-0.2, -0.15) is 0 Å². The molecule has 2 aromatic heterocycles. The Bertz CT molecular complexity index is 1190. The normalized spacial score (nSPS) is 14.4. The number of fused-ring (bicyclic) bond motifs is 1. The molecule has 3 N–H and O–H groups in total. The Kier molecular flexibility index (Phi) is 7.87. The molecule has 1 aliphatic rings. The number of hydrogen-bond acceptors (Lipinski definition) is 6. The fourth-order valence-corrected chi connectivity index (χ4v) is 4.71. The number of likely N-dealkylation sites (N-methyl/N-ethyl adjacent to an activating group) is 1. The Morgan fingerprint density at radius 2 is 2.09 bits per heavy atom. The Balaban J connectivity index is 1.48. The molecule has 1 aliphatic heterocycles. The number of carbonyl (C=O) groups excluding carboxylic acids is 1. The summed E-state index contributed by atoms with van der Waals surface area (Å²) < 4.78 is 16.0. The van der Waals surface area contributed by atoms with Crippen molar-refractivity contribution in [2.24, 2.45) is 11.7 Å². The van der Waals surface area contributed by atoms with Crippen LogP contribution in [0.2, 0.25) is 0 Å². The van der Waals surface area contributed by atoms with Gasteiger partial charge in [-0.05, 0) is 51.0 Å². The molecule has 1 saturated heterocycles. The molecule has 0 radical (unpaired) electrons. The van der Waals surface area contributed by atoms with Crippen molar-refractivity contribution >= 4 is 16.9 Å². The molecule has 0 aliphatic carbocycles. The van der Waals surface area contributed by atoms with Gasteiger partial charge in [-0.3, -0.25) is 9.78 Å². The molecule has 3 heterocycles. The topological polar surface area (TPSA) is 107 Å². The summed E-state index contributed by atoms with van der Waals surface area (Å²) >= 11 is 0. The Morgan fingerprint density at radius 1 is 1.31 bits per heavy atom. The van der Waals surface area contributed by atoms with Crippen molar-refractivity contribution in [1.82, 2.24) is 14.5 Å². The maximum atomic E-state index is 12.7. The van der Waals surface area contributed by atoms with E-state index in [2.05, 4.69) is 27.1 Å². The van der Waals surface area contributed by atoms with Crippen molar-refractivity contribution in [2.45, 2.75) is 52.9 Å². The van der Waals surface area contributed by atoms with E-state index in [1.165, 1.54) is 4.90 Å². The zero-order valence-electron chi connectivity index (χ0n) is 20.9. The van der Waals surface area contributed by atoms with Crippen LogP contribution in [0.5, 0.6) is 11.5 Å². The summed E-state index contributed by atoms with van der Waals surface area (Å²) in [6, 6.07) is 9.27. The summed E-state index contributed by atoms with van der Waals surface area (Å²) in [5.41, 5.74) is 9.60. The van der Waals surface area contributed by atoms with Crippen molar-refractivity contribution in [2.75, 3.05) is 26.9 Å². The molecule has 4 rings (SSSR count). The van der Waals surface area contributed by atoms with Crippen LogP contribution in [-0.2, 0) is 35.7 Å². The molecule has 1 amide bonds. The minimum Gasteiger partial charge on any atom is -0.506 e. The average molecular weight is 483 g/mol. The number of nitrogens with zero attached hydrogens (tertiary/aromatic N) is 4. The first-order valence-electron chi connectivity index (χ1n) is 12.3. The average Bonchev–Trinajstić information content (AvgIpc) is 3.16. The molecular weight excluding hydrogens is 446 g/mol. The molecule has 1 fully saturated rings. The number of nitrogens with two attached hydrogens (primary N) is 1. The number of aromatic nitrogens is 3. The summed E-state index contributed by atoms with van der Waals surface area (Å²) in [7, 11) is 1.67.